The molecule has 1 N–H and O–H groups in total. The number of hydrogen-bond acceptors (Lipinski definition) is 9. The Hall–Kier alpha value is -3.64. The molecule has 1 aliphatic rings. The molecule has 0 spiro atoms. The minimum absolute atomic E-state index is 0.207. The molecule has 1 fully saturated rings. The van der Waals surface area contributed by atoms with Gasteiger partial charge in [-0.2, -0.15) is 0 Å². The number of non-ortho nitro benzene ring substituents is 2. The molecule has 1 aromatic carbocycles. The van der Waals surface area contributed by atoms with Gasteiger partial charge in [0.1, 0.15) is 6.61 Å². The maximum atomic E-state index is 12.4. The number of aromatic nitrogens is 1. The van der Waals surface area contributed by atoms with Crippen molar-refractivity contribution in [1.82, 2.24) is 9.88 Å². The third-order valence-corrected chi connectivity index (χ3v) is 4.34. The van der Waals surface area contributed by atoms with Crippen LogP contribution in [0.2, 0.25) is 0 Å². The van der Waals surface area contributed by atoms with Gasteiger partial charge < -0.3 is 14.8 Å². The van der Waals surface area contributed by atoms with Gasteiger partial charge >= 0.3 is 0 Å². The lowest BCUT2D eigenvalue weighted by Gasteiger charge is -2.26. The number of rotatable bonds is 8. The summed E-state index contributed by atoms with van der Waals surface area (Å²) in [5, 5.41) is 24.4. The van der Waals surface area contributed by atoms with Gasteiger partial charge in [-0.05, 0) is 6.07 Å². The summed E-state index contributed by atoms with van der Waals surface area (Å²) in [5.41, 5.74) is -0.982. The first kappa shape index (κ1) is 21.1. The number of pyridine rings is 1. The van der Waals surface area contributed by atoms with Crippen molar-refractivity contribution in [2.45, 2.75) is 0 Å². The van der Waals surface area contributed by atoms with Crippen LogP contribution >= 0.6 is 0 Å². The molecular weight excluding hydrogens is 398 g/mol. The average molecular weight is 417 g/mol. The van der Waals surface area contributed by atoms with Crippen LogP contribution in [0.5, 0.6) is 5.88 Å². The zero-order valence-electron chi connectivity index (χ0n) is 15.9. The Morgan fingerprint density at radius 1 is 1.13 bits per heavy atom. The maximum Gasteiger partial charge on any atom is 0.277 e. The van der Waals surface area contributed by atoms with Crippen LogP contribution in [-0.2, 0) is 4.74 Å². The molecule has 0 bridgehead atoms. The number of amides is 1. The highest BCUT2D eigenvalue weighted by atomic mass is 16.6. The lowest BCUT2D eigenvalue weighted by Crippen LogP contribution is -2.38. The zero-order valence-corrected chi connectivity index (χ0v) is 15.9. The van der Waals surface area contributed by atoms with Gasteiger partial charge in [-0.1, -0.05) is 0 Å². The quantitative estimate of drug-likeness (QED) is 0.501. The summed E-state index contributed by atoms with van der Waals surface area (Å²) in [7, 11) is 0. The summed E-state index contributed by atoms with van der Waals surface area (Å²) in [4.78, 5) is 39.0. The molecule has 2 heterocycles. The first-order valence-electron chi connectivity index (χ1n) is 9.06. The summed E-state index contributed by atoms with van der Waals surface area (Å²) in [5.74, 6) is -0.350. The van der Waals surface area contributed by atoms with Gasteiger partial charge in [0, 0.05) is 37.8 Å². The molecule has 0 atom stereocenters. The molecule has 0 unspecified atom stereocenters. The van der Waals surface area contributed by atoms with Crippen LogP contribution < -0.4 is 10.1 Å². The number of ether oxygens (including phenoxy) is 2. The highest BCUT2D eigenvalue weighted by Gasteiger charge is 2.20. The highest BCUT2D eigenvalue weighted by Crippen LogP contribution is 2.23. The smallest absolute Gasteiger partial charge is 0.277 e. The van der Waals surface area contributed by atoms with E-state index in [1.165, 1.54) is 6.20 Å². The van der Waals surface area contributed by atoms with E-state index in [9.17, 15) is 25.0 Å². The fraction of sp³-hybridized carbons (Fsp3) is 0.333. The molecule has 1 amide bonds. The number of carbonyl (C=O) groups is 1. The standard InChI is InChI=1S/C18H19N5O7/c24-18(13-9-15(22(25)26)11-16(10-13)23(27)28)20-14-1-2-17(19-12-14)30-8-5-21-3-6-29-7-4-21/h1-2,9-12H,3-8H2,(H,20,24). The molecule has 1 saturated heterocycles. The third kappa shape index (κ3) is 5.68. The molecule has 0 saturated carbocycles. The monoisotopic (exact) mass is 417 g/mol. The number of nitrogens with zero attached hydrogens (tertiary/aromatic N) is 4. The zero-order chi connectivity index (χ0) is 21.5. The van der Waals surface area contributed by atoms with Gasteiger partial charge in [0.25, 0.3) is 17.3 Å². The Bertz CT molecular complexity index is 897. The Labute approximate surface area is 170 Å². The van der Waals surface area contributed by atoms with E-state index in [1.807, 2.05) is 0 Å². The predicted molar refractivity (Wildman–Crippen MR) is 105 cm³/mol. The largest absolute Gasteiger partial charge is 0.476 e. The summed E-state index contributed by atoms with van der Waals surface area (Å²) in [6.07, 6.45) is 1.37. The van der Waals surface area contributed by atoms with Gasteiger partial charge in [-0.3, -0.25) is 29.9 Å². The van der Waals surface area contributed by atoms with Crippen molar-refractivity contribution in [3.63, 3.8) is 0 Å². The van der Waals surface area contributed by atoms with Crippen molar-refractivity contribution in [1.29, 1.82) is 0 Å². The summed E-state index contributed by atoms with van der Waals surface area (Å²) in [6, 6.07) is 5.87. The number of nitro groups is 2. The topological polar surface area (TPSA) is 150 Å². The maximum absolute atomic E-state index is 12.4. The summed E-state index contributed by atoms with van der Waals surface area (Å²) >= 11 is 0. The molecule has 0 aliphatic carbocycles. The van der Waals surface area contributed by atoms with Gasteiger partial charge in [0.15, 0.2) is 0 Å². The van der Waals surface area contributed by atoms with Crippen LogP contribution in [0.25, 0.3) is 0 Å². The molecule has 1 aromatic heterocycles. The van der Waals surface area contributed by atoms with Crippen molar-refractivity contribution in [2.24, 2.45) is 0 Å². The van der Waals surface area contributed by atoms with Crippen LogP contribution in [0.1, 0.15) is 10.4 Å². The summed E-state index contributed by atoms with van der Waals surface area (Å²) in [6.45, 7) is 4.33. The number of nitro benzene ring substituents is 2. The summed E-state index contributed by atoms with van der Waals surface area (Å²) < 4.78 is 10.9. The van der Waals surface area contributed by atoms with Gasteiger partial charge in [0.2, 0.25) is 5.88 Å². The van der Waals surface area contributed by atoms with Crippen LogP contribution in [0.3, 0.4) is 0 Å². The molecule has 0 radical (unpaired) electrons. The van der Waals surface area contributed by atoms with E-state index in [4.69, 9.17) is 9.47 Å². The van der Waals surface area contributed by atoms with Crippen molar-refractivity contribution < 1.29 is 24.1 Å². The predicted octanol–water partition coefficient (Wildman–Crippen LogP) is 1.86. The first-order valence-corrected chi connectivity index (χ1v) is 9.06. The number of hydrogen-bond donors (Lipinski definition) is 1. The van der Waals surface area contributed by atoms with Crippen LogP contribution in [0, 0.1) is 20.2 Å². The van der Waals surface area contributed by atoms with E-state index in [0.717, 1.165) is 37.8 Å². The van der Waals surface area contributed by atoms with Crippen molar-refractivity contribution in [3.8, 4) is 5.88 Å². The Morgan fingerprint density at radius 3 is 2.37 bits per heavy atom. The van der Waals surface area contributed by atoms with Gasteiger partial charge in [-0.25, -0.2) is 4.98 Å². The van der Waals surface area contributed by atoms with Crippen LogP contribution in [-0.4, -0.2) is 65.1 Å². The SMILES string of the molecule is O=C(Nc1ccc(OCCN2CCOCC2)nc1)c1cc([N+](=O)[O-])cc([N+](=O)[O-])c1. The number of morpholine rings is 1. The molecule has 12 heteroatoms. The number of anilines is 1. The minimum atomic E-state index is -0.797. The van der Waals surface area contributed by atoms with Crippen molar-refractivity contribution >= 4 is 23.0 Å². The van der Waals surface area contributed by atoms with E-state index >= 15 is 0 Å². The van der Waals surface area contributed by atoms with Crippen molar-refractivity contribution in [2.75, 3.05) is 44.8 Å². The van der Waals surface area contributed by atoms with Crippen LogP contribution in [0.15, 0.2) is 36.5 Å². The second-order valence-corrected chi connectivity index (χ2v) is 6.39. The van der Waals surface area contributed by atoms with Crippen molar-refractivity contribution in [3.05, 3.63) is 62.3 Å². The second-order valence-electron chi connectivity index (χ2n) is 6.39. The highest BCUT2D eigenvalue weighted by molar-refractivity contribution is 6.05. The van der Waals surface area contributed by atoms with Gasteiger partial charge in [0.05, 0.1) is 46.6 Å². The molecule has 3 rings (SSSR count). The second kappa shape index (κ2) is 9.71. The Balaban J connectivity index is 1.59. The molecule has 30 heavy (non-hydrogen) atoms. The molecular formula is C18H19N5O7. The lowest BCUT2D eigenvalue weighted by molar-refractivity contribution is -0.394. The lowest BCUT2D eigenvalue weighted by atomic mass is 10.1. The van der Waals surface area contributed by atoms with E-state index in [1.54, 1.807) is 12.1 Å². The molecule has 2 aromatic rings. The number of nitrogens with one attached hydrogen (secondary N) is 1. The fourth-order valence-electron chi connectivity index (χ4n) is 2.78. The van der Waals surface area contributed by atoms with E-state index in [-0.39, 0.29) is 5.56 Å². The third-order valence-electron chi connectivity index (χ3n) is 4.34. The number of carbonyl (C=O) groups excluding carboxylic acids is 1. The number of benzene rings is 1. The van der Waals surface area contributed by atoms with Gasteiger partial charge in [-0.15, -0.1) is 0 Å². The van der Waals surface area contributed by atoms with E-state index in [0.29, 0.717) is 31.4 Å². The van der Waals surface area contributed by atoms with E-state index < -0.39 is 27.1 Å². The normalized spacial score (nSPS) is 14.1. The minimum Gasteiger partial charge on any atom is -0.476 e. The average Bonchev–Trinajstić information content (AvgIpc) is 2.75. The fourth-order valence-corrected chi connectivity index (χ4v) is 2.78. The van der Waals surface area contributed by atoms with Crippen LogP contribution in [0.4, 0.5) is 17.1 Å². The molecule has 12 nitrogen and oxygen atoms in total. The Morgan fingerprint density at radius 2 is 1.80 bits per heavy atom. The molecule has 1 aliphatic heterocycles. The van der Waals surface area contributed by atoms with E-state index in [2.05, 4.69) is 15.2 Å². The Kier molecular flexibility index (Phi) is 6.83. The molecule has 158 valence electrons. The first-order chi connectivity index (χ1) is 14.4.